The molecule has 3 N–H and O–H groups in total. The van der Waals surface area contributed by atoms with Crippen molar-refractivity contribution in [2.45, 2.75) is 25.9 Å². The van der Waals surface area contributed by atoms with Gasteiger partial charge >= 0.3 is 0 Å². The van der Waals surface area contributed by atoms with Gasteiger partial charge in [-0.05, 0) is 22.8 Å². The first-order chi connectivity index (χ1) is 11.2. The summed E-state index contributed by atoms with van der Waals surface area (Å²) in [7, 11) is 0. The summed E-state index contributed by atoms with van der Waals surface area (Å²) >= 11 is 0. The van der Waals surface area contributed by atoms with Crippen molar-refractivity contribution in [1.29, 1.82) is 0 Å². The van der Waals surface area contributed by atoms with Crippen LogP contribution in [-0.2, 0) is 6.54 Å². The summed E-state index contributed by atoms with van der Waals surface area (Å²) in [5.74, 6) is 0.124. The Morgan fingerprint density at radius 1 is 1.26 bits per heavy atom. The molecule has 0 aliphatic heterocycles. The summed E-state index contributed by atoms with van der Waals surface area (Å²) in [4.78, 5) is 16.4. The van der Waals surface area contributed by atoms with Gasteiger partial charge in [-0.3, -0.25) is 4.79 Å². The largest absolute Gasteiger partial charge is 0.446 e. The lowest BCUT2D eigenvalue weighted by Gasteiger charge is -2.07. The summed E-state index contributed by atoms with van der Waals surface area (Å²) in [6.45, 7) is 2.37. The van der Waals surface area contributed by atoms with Gasteiger partial charge in [0.2, 0.25) is 5.89 Å². The Hall–Kier alpha value is -2.66. The highest BCUT2D eigenvalue weighted by Gasteiger charge is 2.15. The molecule has 5 nitrogen and oxygen atoms in total. The van der Waals surface area contributed by atoms with E-state index in [2.05, 4.69) is 22.4 Å². The summed E-state index contributed by atoms with van der Waals surface area (Å²) in [6, 6.07) is 13.8. The SMILES string of the molecule is CCC(N)c1nc(C(=O)NCc2cccc3ccccc23)co1. The lowest BCUT2D eigenvalue weighted by molar-refractivity contribution is 0.0946. The van der Waals surface area contributed by atoms with Crippen LogP contribution < -0.4 is 11.1 Å². The molecule has 1 atom stereocenters. The van der Waals surface area contributed by atoms with E-state index in [0.717, 1.165) is 16.3 Å². The maximum atomic E-state index is 12.2. The Morgan fingerprint density at radius 2 is 2.04 bits per heavy atom. The second-order valence-corrected chi connectivity index (χ2v) is 5.41. The highest BCUT2D eigenvalue weighted by Crippen LogP contribution is 2.18. The molecule has 118 valence electrons. The van der Waals surface area contributed by atoms with Gasteiger partial charge in [0.1, 0.15) is 6.26 Å². The van der Waals surface area contributed by atoms with Gasteiger partial charge in [-0.1, -0.05) is 49.4 Å². The number of nitrogens with one attached hydrogen (secondary N) is 1. The quantitative estimate of drug-likeness (QED) is 0.758. The molecular weight excluding hydrogens is 290 g/mol. The number of oxazole rings is 1. The second kappa shape index (κ2) is 6.62. The van der Waals surface area contributed by atoms with Crippen LogP contribution in [0.3, 0.4) is 0 Å². The highest BCUT2D eigenvalue weighted by atomic mass is 16.3. The number of hydrogen-bond acceptors (Lipinski definition) is 4. The molecule has 0 fully saturated rings. The third-order valence-electron chi connectivity index (χ3n) is 3.83. The Bertz CT molecular complexity index is 821. The minimum Gasteiger partial charge on any atom is -0.446 e. The van der Waals surface area contributed by atoms with E-state index < -0.39 is 0 Å². The van der Waals surface area contributed by atoms with Crippen LogP contribution in [-0.4, -0.2) is 10.9 Å². The number of amides is 1. The minimum absolute atomic E-state index is 0.254. The zero-order valence-electron chi connectivity index (χ0n) is 13.0. The number of aromatic nitrogens is 1. The van der Waals surface area contributed by atoms with Crippen LogP contribution in [0.15, 0.2) is 53.1 Å². The van der Waals surface area contributed by atoms with Crippen molar-refractivity contribution < 1.29 is 9.21 Å². The van der Waals surface area contributed by atoms with E-state index in [1.807, 2.05) is 37.3 Å². The third-order valence-corrected chi connectivity index (χ3v) is 3.83. The van der Waals surface area contributed by atoms with Gasteiger partial charge in [-0.25, -0.2) is 4.98 Å². The van der Waals surface area contributed by atoms with Crippen molar-refractivity contribution in [3.05, 3.63) is 65.9 Å². The van der Waals surface area contributed by atoms with Gasteiger partial charge in [-0.2, -0.15) is 0 Å². The normalized spacial score (nSPS) is 12.3. The van der Waals surface area contributed by atoms with E-state index in [1.165, 1.54) is 6.26 Å². The van der Waals surface area contributed by atoms with Gasteiger partial charge in [0.25, 0.3) is 5.91 Å². The Labute approximate surface area is 134 Å². The number of hydrogen-bond donors (Lipinski definition) is 2. The van der Waals surface area contributed by atoms with Crippen LogP contribution in [0.4, 0.5) is 0 Å². The molecule has 1 aromatic heterocycles. The molecule has 0 spiro atoms. The molecule has 2 aromatic carbocycles. The number of carbonyl (C=O) groups is 1. The zero-order chi connectivity index (χ0) is 16.2. The van der Waals surface area contributed by atoms with Gasteiger partial charge in [-0.15, -0.1) is 0 Å². The standard InChI is InChI=1S/C18H19N3O2/c1-2-15(19)18-21-16(11-23-18)17(22)20-10-13-8-5-7-12-6-3-4-9-14(12)13/h3-9,11,15H,2,10,19H2,1H3,(H,20,22). The molecule has 0 aliphatic carbocycles. The molecule has 0 saturated heterocycles. The molecule has 23 heavy (non-hydrogen) atoms. The first-order valence-electron chi connectivity index (χ1n) is 7.65. The van der Waals surface area contributed by atoms with Gasteiger partial charge in [0, 0.05) is 6.54 Å². The van der Waals surface area contributed by atoms with Crippen molar-refractivity contribution in [2.24, 2.45) is 5.73 Å². The molecule has 0 saturated carbocycles. The fourth-order valence-electron chi connectivity index (χ4n) is 2.45. The van der Waals surface area contributed by atoms with E-state index in [9.17, 15) is 4.79 Å². The Balaban J connectivity index is 1.72. The number of nitrogens with two attached hydrogens (primary N) is 1. The smallest absolute Gasteiger partial charge is 0.273 e. The fraction of sp³-hybridized carbons (Fsp3) is 0.222. The summed E-state index contributed by atoms with van der Waals surface area (Å²) in [5.41, 5.74) is 7.16. The summed E-state index contributed by atoms with van der Waals surface area (Å²) in [6.07, 6.45) is 2.06. The maximum absolute atomic E-state index is 12.2. The topological polar surface area (TPSA) is 81.1 Å². The van der Waals surface area contributed by atoms with Crippen LogP contribution >= 0.6 is 0 Å². The average Bonchev–Trinajstić information content (AvgIpc) is 3.09. The minimum atomic E-state index is -0.283. The lowest BCUT2D eigenvalue weighted by Crippen LogP contribution is -2.23. The monoisotopic (exact) mass is 309 g/mol. The van der Waals surface area contributed by atoms with E-state index in [4.69, 9.17) is 10.2 Å². The predicted octanol–water partition coefficient (Wildman–Crippen LogP) is 3.17. The first-order valence-corrected chi connectivity index (χ1v) is 7.65. The van der Waals surface area contributed by atoms with Gasteiger partial charge in [0.05, 0.1) is 6.04 Å². The van der Waals surface area contributed by atoms with E-state index in [-0.39, 0.29) is 17.6 Å². The summed E-state index contributed by atoms with van der Waals surface area (Å²) in [5, 5.41) is 5.15. The van der Waals surface area contributed by atoms with E-state index in [1.54, 1.807) is 0 Å². The van der Waals surface area contributed by atoms with Gasteiger partial charge in [0.15, 0.2) is 5.69 Å². The molecular formula is C18H19N3O2. The lowest BCUT2D eigenvalue weighted by atomic mass is 10.0. The Morgan fingerprint density at radius 3 is 2.87 bits per heavy atom. The molecule has 3 rings (SSSR count). The number of benzene rings is 2. The van der Waals surface area contributed by atoms with E-state index >= 15 is 0 Å². The number of carbonyl (C=O) groups excluding carboxylic acids is 1. The van der Waals surface area contributed by atoms with Crippen LogP contribution in [0.1, 0.15) is 41.3 Å². The fourth-order valence-corrected chi connectivity index (χ4v) is 2.45. The van der Waals surface area contributed by atoms with Crippen molar-refractivity contribution in [3.8, 4) is 0 Å². The highest BCUT2D eigenvalue weighted by molar-refractivity contribution is 5.92. The molecule has 5 heteroatoms. The molecule has 0 bridgehead atoms. The van der Waals surface area contributed by atoms with Crippen LogP contribution in [0, 0.1) is 0 Å². The zero-order valence-corrected chi connectivity index (χ0v) is 13.0. The molecule has 1 amide bonds. The van der Waals surface area contributed by atoms with Crippen LogP contribution in [0.2, 0.25) is 0 Å². The Kier molecular flexibility index (Phi) is 4.39. The molecule has 3 aromatic rings. The predicted molar refractivity (Wildman–Crippen MR) is 88.8 cm³/mol. The van der Waals surface area contributed by atoms with Crippen molar-refractivity contribution >= 4 is 16.7 Å². The first kappa shape index (κ1) is 15.2. The summed E-state index contributed by atoms with van der Waals surface area (Å²) < 4.78 is 5.26. The second-order valence-electron chi connectivity index (χ2n) is 5.41. The maximum Gasteiger partial charge on any atom is 0.273 e. The molecule has 0 radical (unpaired) electrons. The van der Waals surface area contributed by atoms with Crippen LogP contribution in [0.5, 0.6) is 0 Å². The molecule has 1 unspecified atom stereocenters. The van der Waals surface area contributed by atoms with E-state index in [0.29, 0.717) is 18.9 Å². The van der Waals surface area contributed by atoms with Gasteiger partial charge < -0.3 is 15.5 Å². The third kappa shape index (κ3) is 3.24. The van der Waals surface area contributed by atoms with Crippen molar-refractivity contribution in [1.82, 2.24) is 10.3 Å². The average molecular weight is 309 g/mol. The molecule has 0 aliphatic rings. The number of nitrogens with zero attached hydrogens (tertiary/aromatic N) is 1. The van der Waals surface area contributed by atoms with Crippen LogP contribution in [0.25, 0.3) is 10.8 Å². The van der Waals surface area contributed by atoms with Crippen molar-refractivity contribution in [2.75, 3.05) is 0 Å². The molecule has 1 heterocycles. The van der Waals surface area contributed by atoms with Crippen molar-refractivity contribution in [3.63, 3.8) is 0 Å². The number of fused-ring (bicyclic) bond motifs is 1. The number of rotatable bonds is 5.